The number of carbonyl (C=O) groups excluding carboxylic acids is 1. The second-order valence-corrected chi connectivity index (χ2v) is 1.97. The molecule has 0 aromatic heterocycles. The highest BCUT2D eigenvalue weighted by molar-refractivity contribution is 6.13. The van der Waals surface area contributed by atoms with Gasteiger partial charge in [0, 0.05) is 18.3 Å². The summed E-state index contributed by atoms with van der Waals surface area (Å²) in [4.78, 5) is 14.0. The molecule has 3 heteroatoms. The van der Waals surface area contributed by atoms with E-state index in [0.717, 1.165) is 6.08 Å². The van der Waals surface area contributed by atoms with E-state index < -0.39 is 5.83 Å². The lowest BCUT2D eigenvalue weighted by molar-refractivity contribution is -0.104. The first-order chi connectivity index (χ1) is 5.11. The minimum absolute atomic E-state index is 0.222. The molecule has 2 nitrogen and oxygen atoms in total. The molecule has 0 saturated carbocycles. The van der Waals surface area contributed by atoms with Crippen molar-refractivity contribution in [1.29, 1.82) is 0 Å². The average Bonchev–Trinajstić information content (AvgIpc) is 1.98. The SMILES string of the molecule is C=C(F)/C=C(/C=O)C(C)=NC. The maximum Gasteiger partial charge on any atom is 0.151 e. The molecular weight excluding hydrogens is 145 g/mol. The van der Waals surface area contributed by atoms with Crippen LogP contribution in [0, 0.1) is 0 Å². The third kappa shape index (κ3) is 3.45. The molecule has 0 rings (SSSR count). The normalized spacial score (nSPS) is 13.0. The maximum atomic E-state index is 12.2. The van der Waals surface area contributed by atoms with Gasteiger partial charge in [0.25, 0.3) is 0 Å². The zero-order valence-electron chi connectivity index (χ0n) is 6.60. The molecule has 0 aliphatic heterocycles. The van der Waals surface area contributed by atoms with Gasteiger partial charge >= 0.3 is 0 Å². The zero-order chi connectivity index (χ0) is 8.85. The fraction of sp³-hybridized carbons (Fsp3) is 0.250. The first-order valence-corrected chi connectivity index (χ1v) is 3.07. The van der Waals surface area contributed by atoms with Crippen LogP contribution in [0.2, 0.25) is 0 Å². The Balaban J connectivity index is 4.67. The summed E-state index contributed by atoms with van der Waals surface area (Å²) in [6.07, 6.45) is 1.60. The molecule has 0 bridgehead atoms. The standard InChI is InChI=1S/C8H10FNO/c1-6(9)4-8(5-11)7(2)10-3/h4-5H,1H2,2-3H3/b8-4-,10-7?. The summed E-state index contributed by atoms with van der Waals surface area (Å²) in [5, 5.41) is 0. The van der Waals surface area contributed by atoms with Crippen LogP contribution in [0.5, 0.6) is 0 Å². The topological polar surface area (TPSA) is 29.4 Å². The van der Waals surface area contributed by atoms with Gasteiger partial charge in [-0.05, 0) is 13.0 Å². The van der Waals surface area contributed by atoms with Gasteiger partial charge in [-0.25, -0.2) is 4.39 Å². The van der Waals surface area contributed by atoms with Gasteiger partial charge < -0.3 is 0 Å². The molecule has 0 aliphatic rings. The molecule has 0 aromatic rings. The van der Waals surface area contributed by atoms with E-state index in [1.807, 2.05) is 0 Å². The lowest BCUT2D eigenvalue weighted by Crippen LogP contribution is -1.98. The van der Waals surface area contributed by atoms with Gasteiger partial charge in [0.2, 0.25) is 0 Å². The molecular formula is C8H10FNO. The Labute approximate surface area is 65.1 Å². The number of nitrogens with zero attached hydrogens (tertiary/aromatic N) is 1. The summed E-state index contributed by atoms with van der Waals surface area (Å²) in [6, 6.07) is 0. The molecule has 0 saturated heterocycles. The summed E-state index contributed by atoms with van der Waals surface area (Å²) in [6.45, 7) is 4.63. The molecule has 0 radical (unpaired) electrons. The molecule has 0 fully saturated rings. The number of aldehydes is 1. The fourth-order valence-corrected chi connectivity index (χ4v) is 0.522. The Morgan fingerprint density at radius 2 is 2.18 bits per heavy atom. The lowest BCUT2D eigenvalue weighted by atomic mass is 10.2. The summed E-state index contributed by atoms with van der Waals surface area (Å²) < 4.78 is 12.2. The highest BCUT2D eigenvalue weighted by Crippen LogP contribution is 2.01. The van der Waals surface area contributed by atoms with Crippen molar-refractivity contribution in [2.45, 2.75) is 6.92 Å². The Morgan fingerprint density at radius 1 is 1.64 bits per heavy atom. The van der Waals surface area contributed by atoms with E-state index in [0.29, 0.717) is 12.0 Å². The van der Waals surface area contributed by atoms with Crippen LogP contribution in [0.25, 0.3) is 0 Å². The first-order valence-electron chi connectivity index (χ1n) is 3.07. The highest BCUT2D eigenvalue weighted by Gasteiger charge is 1.98. The zero-order valence-corrected chi connectivity index (χ0v) is 6.60. The van der Waals surface area contributed by atoms with E-state index in [9.17, 15) is 9.18 Å². The number of allylic oxidation sites excluding steroid dienone is 3. The number of carbonyl (C=O) groups is 1. The number of halogens is 1. The van der Waals surface area contributed by atoms with E-state index in [4.69, 9.17) is 0 Å². The third-order valence-corrected chi connectivity index (χ3v) is 1.19. The van der Waals surface area contributed by atoms with E-state index >= 15 is 0 Å². The van der Waals surface area contributed by atoms with Gasteiger partial charge in [-0.15, -0.1) is 0 Å². The molecule has 0 spiro atoms. The summed E-state index contributed by atoms with van der Waals surface area (Å²) in [7, 11) is 1.54. The molecule has 0 N–H and O–H groups in total. The van der Waals surface area contributed by atoms with E-state index in [-0.39, 0.29) is 5.57 Å². The maximum absolute atomic E-state index is 12.2. The van der Waals surface area contributed by atoms with Gasteiger partial charge in [-0.2, -0.15) is 0 Å². The molecule has 0 unspecified atom stereocenters. The van der Waals surface area contributed by atoms with Gasteiger partial charge in [-0.3, -0.25) is 9.79 Å². The highest BCUT2D eigenvalue weighted by atomic mass is 19.1. The molecule has 60 valence electrons. The molecule has 11 heavy (non-hydrogen) atoms. The quantitative estimate of drug-likeness (QED) is 0.264. The third-order valence-electron chi connectivity index (χ3n) is 1.19. The van der Waals surface area contributed by atoms with E-state index in [2.05, 4.69) is 11.6 Å². The van der Waals surface area contributed by atoms with E-state index in [1.165, 1.54) is 7.05 Å². The molecule has 0 aromatic carbocycles. The van der Waals surface area contributed by atoms with Crippen LogP contribution in [0.1, 0.15) is 6.92 Å². The van der Waals surface area contributed by atoms with Gasteiger partial charge in [0.15, 0.2) is 6.29 Å². The monoisotopic (exact) mass is 155 g/mol. The Bertz CT molecular complexity index is 228. The Kier molecular flexibility index (Phi) is 4.03. The van der Waals surface area contributed by atoms with Crippen LogP contribution >= 0.6 is 0 Å². The van der Waals surface area contributed by atoms with Crippen molar-refractivity contribution in [1.82, 2.24) is 0 Å². The molecule has 0 atom stereocenters. The van der Waals surface area contributed by atoms with Crippen LogP contribution in [0.3, 0.4) is 0 Å². The second-order valence-electron chi connectivity index (χ2n) is 1.97. The van der Waals surface area contributed by atoms with Gasteiger partial charge in [-0.1, -0.05) is 6.58 Å². The van der Waals surface area contributed by atoms with Crippen molar-refractivity contribution < 1.29 is 9.18 Å². The fourth-order valence-electron chi connectivity index (χ4n) is 0.522. The van der Waals surface area contributed by atoms with Crippen LogP contribution < -0.4 is 0 Å². The van der Waals surface area contributed by atoms with Crippen molar-refractivity contribution in [2.75, 3.05) is 7.05 Å². The predicted octanol–water partition coefficient (Wildman–Crippen LogP) is 1.69. The van der Waals surface area contributed by atoms with Crippen molar-refractivity contribution in [2.24, 2.45) is 4.99 Å². The largest absolute Gasteiger partial charge is 0.298 e. The van der Waals surface area contributed by atoms with Gasteiger partial charge in [0.1, 0.15) is 5.83 Å². The number of hydrogen-bond acceptors (Lipinski definition) is 2. The van der Waals surface area contributed by atoms with Crippen LogP contribution in [0.4, 0.5) is 4.39 Å². The van der Waals surface area contributed by atoms with Crippen molar-refractivity contribution >= 4 is 12.0 Å². The second kappa shape index (κ2) is 4.55. The molecule has 0 aliphatic carbocycles. The predicted molar refractivity (Wildman–Crippen MR) is 43.4 cm³/mol. The lowest BCUT2D eigenvalue weighted by Gasteiger charge is -1.94. The number of rotatable bonds is 3. The Hall–Kier alpha value is -1.25. The van der Waals surface area contributed by atoms with Crippen LogP contribution in [-0.4, -0.2) is 19.0 Å². The van der Waals surface area contributed by atoms with Crippen molar-refractivity contribution in [3.05, 3.63) is 24.1 Å². The summed E-state index contributed by atoms with van der Waals surface area (Å²) in [5.41, 5.74) is 0.721. The smallest absolute Gasteiger partial charge is 0.151 e. The van der Waals surface area contributed by atoms with E-state index in [1.54, 1.807) is 6.92 Å². The number of aliphatic imine (C=N–C) groups is 1. The van der Waals surface area contributed by atoms with Crippen LogP contribution in [0.15, 0.2) is 29.0 Å². The van der Waals surface area contributed by atoms with Crippen LogP contribution in [-0.2, 0) is 4.79 Å². The first kappa shape index (κ1) is 9.75. The minimum atomic E-state index is -0.643. The molecule has 0 amide bonds. The van der Waals surface area contributed by atoms with Gasteiger partial charge in [0.05, 0.1) is 0 Å². The number of hydrogen-bond donors (Lipinski definition) is 0. The minimum Gasteiger partial charge on any atom is -0.298 e. The summed E-state index contributed by atoms with van der Waals surface area (Å²) >= 11 is 0. The van der Waals surface area contributed by atoms with Crippen molar-refractivity contribution in [3.63, 3.8) is 0 Å². The average molecular weight is 155 g/mol. The molecule has 0 heterocycles. The Morgan fingerprint density at radius 3 is 2.45 bits per heavy atom. The summed E-state index contributed by atoms with van der Waals surface area (Å²) in [5.74, 6) is -0.643. The van der Waals surface area contributed by atoms with Crippen molar-refractivity contribution in [3.8, 4) is 0 Å².